The van der Waals surface area contributed by atoms with E-state index in [0.29, 0.717) is 5.41 Å². The van der Waals surface area contributed by atoms with Gasteiger partial charge in [0.15, 0.2) is 0 Å². The first kappa shape index (κ1) is 33.2. The lowest BCUT2D eigenvalue weighted by molar-refractivity contribution is 0.0577. The van der Waals surface area contributed by atoms with Crippen LogP contribution in [0.1, 0.15) is 154 Å². The molecule has 10 unspecified atom stereocenters. The van der Waals surface area contributed by atoms with E-state index < -0.39 is 0 Å². The molecule has 0 aromatic carbocycles. The van der Waals surface area contributed by atoms with Crippen LogP contribution in [0.25, 0.3) is 0 Å². The summed E-state index contributed by atoms with van der Waals surface area (Å²) in [5, 5.41) is 0. The van der Waals surface area contributed by atoms with Crippen molar-refractivity contribution in [1.82, 2.24) is 0 Å². The van der Waals surface area contributed by atoms with E-state index in [2.05, 4.69) is 90.0 Å². The van der Waals surface area contributed by atoms with Crippen molar-refractivity contribution in [3.8, 4) is 0 Å². The summed E-state index contributed by atoms with van der Waals surface area (Å²) >= 11 is 0. The summed E-state index contributed by atoms with van der Waals surface area (Å²) in [7, 11) is 0. The molecule has 0 amide bonds. The van der Waals surface area contributed by atoms with Crippen LogP contribution >= 0.6 is 0 Å². The molecule has 0 N–H and O–H groups in total. The zero-order valence-corrected chi connectivity index (χ0v) is 28.1. The van der Waals surface area contributed by atoms with Gasteiger partial charge in [-0.3, -0.25) is 0 Å². The number of hydrogen-bond donors (Lipinski definition) is 0. The molecule has 2 saturated carbocycles. The fraction of sp³-hybridized carbons (Fsp3) is 1.00. The van der Waals surface area contributed by atoms with Gasteiger partial charge in [-0.05, 0) is 114 Å². The van der Waals surface area contributed by atoms with E-state index in [9.17, 15) is 0 Å². The predicted octanol–water partition coefficient (Wildman–Crippen LogP) is 12.2. The van der Waals surface area contributed by atoms with Crippen molar-refractivity contribution in [1.29, 1.82) is 0 Å². The smallest absolute Gasteiger partial charge is 0.0318 e. The predicted molar refractivity (Wildman–Crippen MR) is 168 cm³/mol. The molecule has 0 aromatic rings. The molecule has 0 nitrogen and oxygen atoms in total. The van der Waals surface area contributed by atoms with Gasteiger partial charge in [0.25, 0.3) is 0 Å². The van der Waals surface area contributed by atoms with E-state index in [0.717, 1.165) is 76.9 Å². The van der Waals surface area contributed by atoms with E-state index in [1.165, 1.54) is 64.2 Å². The van der Waals surface area contributed by atoms with Crippen LogP contribution < -0.4 is 0 Å². The summed E-state index contributed by atoms with van der Waals surface area (Å²) in [6, 6.07) is 0. The Labute approximate surface area is 236 Å². The van der Waals surface area contributed by atoms with E-state index in [-0.39, 0.29) is 0 Å². The summed E-state index contributed by atoms with van der Waals surface area (Å²) in [5.74, 6) is 11.8. The summed E-state index contributed by atoms with van der Waals surface area (Å²) in [5.41, 5.74) is 0.666. The minimum atomic E-state index is 0.666. The minimum Gasteiger partial charge on any atom is -0.0651 e. The lowest BCUT2D eigenvalue weighted by Gasteiger charge is -2.45. The Morgan fingerprint density at radius 1 is 0.784 bits per heavy atom. The standard InChI is InChI=1S/C37H72/c1-14-33(17-15-16-28(8)30(10)24(2)3)20-29(9)35(25(4)5)32(12)36-31(11)34(36)19-18-26(6)21-37(13)22-27(7)23-37/h24-36H,14-23H2,1-13H3. The third-order valence-electron chi connectivity index (χ3n) is 12.3. The topological polar surface area (TPSA) is 0 Å². The third-order valence-corrected chi connectivity index (χ3v) is 12.3. The maximum absolute atomic E-state index is 2.65. The Morgan fingerprint density at radius 3 is 1.92 bits per heavy atom. The molecule has 2 rings (SSSR count). The Balaban J connectivity index is 1.83. The van der Waals surface area contributed by atoms with Gasteiger partial charge in [-0.2, -0.15) is 0 Å². The first-order valence-electron chi connectivity index (χ1n) is 17.2. The van der Waals surface area contributed by atoms with Crippen molar-refractivity contribution in [2.24, 2.45) is 82.3 Å². The van der Waals surface area contributed by atoms with Crippen LogP contribution in [0.3, 0.4) is 0 Å². The molecule has 0 aliphatic heterocycles. The molecule has 0 radical (unpaired) electrons. The quantitative estimate of drug-likeness (QED) is 0.170. The molecule has 0 aromatic heterocycles. The van der Waals surface area contributed by atoms with E-state index in [4.69, 9.17) is 0 Å². The largest absolute Gasteiger partial charge is 0.0651 e. The number of rotatable bonds is 18. The van der Waals surface area contributed by atoms with Crippen molar-refractivity contribution in [3.63, 3.8) is 0 Å². The van der Waals surface area contributed by atoms with Crippen LogP contribution in [0, 0.1) is 82.3 Å². The molecule has 0 bridgehead atoms. The Bertz CT molecular complexity index is 624. The van der Waals surface area contributed by atoms with Crippen LogP contribution in [0.5, 0.6) is 0 Å². The van der Waals surface area contributed by atoms with Gasteiger partial charge in [-0.1, -0.05) is 122 Å². The van der Waals surface area contributed by atoms with Gasteiger partial charge in [-0.15, -0.1) is 0 Å². The minimum absolute atomic E-state index is 0.666. The van der Waals surface area contributed by atoms with Gasteiger partial charge >= 0.3 is 0 Å². The van der Waals surface area contributed by atoms with Crippen molar-refractivity contribution < 1.29 is 0 Å². The molecular formula is C37H72. The van der Waals surface area contributed by atoms with Gasteiger partial charge < -0.3 is 0 Å². The van der Waals surface area contributed by atoms with Crippen LogP contribution in [-0.4, -0.2) is 0 Å². The van der Waals surface area contributed by atoms with Crippen LogP contribution in [0.15, 0.2) is 0 Å². The fourth-order valence-electron chi connectivity index (χ4n) is 9.97. The van der Waals surface area contributed by atoms with Gasteiger partial charge in [0.2, 0.25) is 0 Å². The lowest BCUT2D eigenvalue weighted by atomic mass is 9.60. The molecule has 0 heteroatoms. The van der Waals surface area contributed by atoms with E-state index >= 15 is 0 Å². The number of hydrogen-bond acceptors (Lipinski definition) is 0. The summed E-state index contributed by atoms with van der Waals surface area (Å²) < 4.78 is 0. The molecule has 2 aliphatic rings. The zero-order valence-electron chi connectivity index (χ0n) is 28.1. The second-order valence-electron chi connectivity index (χ2n) is 16.5. The van der Waals surface area contributed by atoms with Gasteiger partial charge in [0.1, 0.15) is 0 Å². The maximum Gasteiger partial charge on any atom is -0.0318 e. The van der Waals surface area contributed by atoms with E-state index in [1.807, 2.05) is 0 Å². The average Bonchev–Trinajstić information content (AvgIpc) is 3.43. The van der Waals surface area contributed by atoms with E-state index in [1.54, 1.807) is 0 Å². The molecule has 0 saturated heterocycles. The highest BCUT2D eigenvalue weighted by Crippen LogP contribution is 2.58. The van der Waals surface area contributed by atoms with Crippen LogP contribution in [0.2, 0.25) is 0 Å². The average molecular weight is 517 g/mol. The fourth-order valence-corrected chi connectivity index (χ4v) is 9.97. The highest BCUT2D eigenvalue weighted by atomic mass is 14.6. The Morgan fingerprint density at radius 2 is 1.41 bits per heavy atom. The molecule has 2 fully saturated rings. The second kappa shape index (κ2) is 14.6. The summed E-state index contributed by atoms with van der Waals surface area (Å²) in [6.07, 6.45) is 14.5. The van der Waals surface area contributed by atoms with Gasteiger partial charge in [0.05, 0.1) is 0 Å². The van der Waals surface area contributed by atoms with Gasteiger partial charge in [0, 0.05) is 0 Å². The van der Waals surface area contributed by atoms with Crippen molar-refractivity contribution in [2.45, 2.75) is 154 Å². The normalized spacial score (nSPS) is 33.5. The summed E-state index contributed by atoms with van der Waals surface area (Å²) in [4.78, 5) is 0. The second-order valence-corrected chi connectivity index (χ2v) is 16.5. The van der Waals surface area contributed by atoms with Gasteiger partial charge in [-0.25, -0.2) is 0 Å². The SMILES string of the molecule is CCC(CCCC(C)C(C)C(C)C)CC(C)C(C(C)C)C(C)C1C(C)C1CCC(C)CC1(C)CC(C)C1. The van der Waals surface area contributed by atoms with Crippen molar-refractivity contribution >= 4 is 0 Å². The molecule has 0 spiro atoms. The highest BCUT2D eigenvalue weighted by Gasteiger charge is 2.51. The molecule has 10 atom stereocenters. The van der Waals surface area contributed by atoms with Crippen LogP contribution in [0.4, 0.5) is 0 Å². The molecule has 0 heterocycles. The molecular weight excluding hydrogens is 444 g/mol. The monoisotopic (exact) mass is 517 g/mol. The maximum atomic E-state index is 2.65. The van der Waals surface area contributed by atoms with Crippen molar-refractivity contribution in [3.05, 3.63) is 0 Å². The zero-order chi connectivity index (χ0) is 28.1. The first-order valence-corrected chi connectivity index (χ1v) is 17.2. The Kier molecular flexibility index (Phi) is 13.1. The van der Waals surface area contributed by atoms with Crippen LogP contribution in [-0.2, 0) is 0 Å². The van der Waals surface area contributed by atoms with Crippen molar-refractivity contribution in [2.75, 3.05) is 0 Å². The summed E-state index contributed by atoms with van der Waals surface area (Å²) in [6.45, 7) is 32.7. The first-order chi connectivity index (χ1) is 17.2. The highest BCUT2D eigenvalue weighted by molar-refractivity contribution is 5.00. The lowest BCUT2D eigenvalue weighted by Crippen LogP contribution is -2.34. The molecule has 220 valence electrons. The molecule has 37 heavy (non-hydrogen) atoms. The molecule has 2 aliphatic carbocycles. The Hall–Kier alpha value is 0. The third kappa shape index (κ3) is 9.55.